The standard InChI is InChI=1S/C13H13F3/c1-3-10(4-2)9-11-5-7-12(8-6-11)13(14,15)16/h3-8,10H,1-2,9H2. The zero-order chi connectivity index (χ0) is 12.2. The van der Waals surface area contributed by atoms with Crippen LogP contribution < -0.4 is 0 Å². The summed E-state index contributed by atoms with van der Waals surface area (Å²) in [4.78, 5) is 0. The van der Waals surface area contributed by atoms with Crippen molar-refractivity contribution in [2.45, 2.75) is 12.6 Å². The van der Waals surface area contributed by atoms with Gasteiger partial charge in [0.05, 0.1) is 5.56 Å². The van der Waals surface area contributed by atoms with Crippen molar-refractivity contribution in [2.75, 3.05) is 0 Å². The second-order valence-corrected chi connectivity index (χ2v) is 3.53. The van der Waals surface area contributed by atoms with Crippen molar-refractivity contribution in [3.8, 4) is 0 Å². The summed E-state index contributed by atoms with van der Waals surface area (Å²) in [5.41, 5.74) is 0.225. The van der Waals surface area contributed by atoms with Crippen molar-refractivity contribution in [3.63, 3.8) is 0 Å². The Morgan fingerprint density at radius 2 is 1.56 bits per heavy atom. The number of alkyl halides is 3. The van der Waals surface area contributed by atoms with Gasteiger partial charge in [0, 0.05) is 0 Å². The molecular formula is C13H13F3. The van der Waals surface area contributed by atoms with Crippen molar-refractivity contribution in [2.24, 2.45) is 5.92 Å². The van der Waals surface area contributed by atoms with Gasteiger partial charge in [-0.15, -0.1) is 13.2 Å². The van der Waals surface area contributed by atoms with Crippen molar-refractivity contribution in [3.05, 3.63) is 60.7 Å². The van der Waals surface area contributed by atoms with Crippen molar-refractivity contribution in [1.29, 1.82) is 0 Å². The molecule has 0 atom stereocenters. The molecule has 0 aliphatic heterocycles. The number of allylic oxidation sites excluding steroid dienone is 2. The maximum absolute atomic E-state index is 12.3. The topological polar surface area (TPSA) is 0 Å². The van der Waals surface area contributed by atoms with Crippen LogP contribution in [0.25, 0.3) is 0 Å². The van der Waals surface area contributed by atoms with Crippen molar-refractivity contribution in [1.82, 2.24) is 0 Å². The van der Waals surface area contributed by atoms with Crippen LogP contribution in [-0.4, -0.2) is 0 Å². The van der Waals surface area contributed by atoms with Crippen LogP contribution in [0.4, 0.5) is 13.2 Å². The van der Waals surface area contributed by atoms with E-state index in [1.165, 1.54) is 12.1 Å². The molecule has 0 radical (unpaired) electrons. The number of rotatable bonds is 4. The Morgan fingerprint density at radius 3 is 1.94 bits per heavy atom. The van der Waals surface area contributed by atoms with Gasteiger partial charge in [0.25, 0.3) is 0 Å². The smallest absolute Gasteiger partial charge is 0.166 e. The average molecular weight is 226 g/mol. The molecule has 0 spiro atoms. The van der Waals surface area contributed by atoms with Gasteiger partial charge in [-0.3, -0.25) is 0 Å². The van der Waals surface area contributed by atoms with Crippen LogP contribution >= 0.6 is 0 Å². The SMILES string of the molecule is C=CC(C=C)Cc1ccc(C(F)(F)F)cc1. The first-order valence-corrected chi connectivity index (χ1v) is 4.88. The van der Waals surface area contributed by atoms with Gasteiger partial charge in [0.1, 0.15) is 0 Å². The largest absolute Gasteiger partial charge is 0.416 e. The van der Waals surface area contributed by atoms with E-state index in [9.17, 15) is 13.2 Å². The van der Waals surface area contributed by atoms with E-state index in [0.717, 1.165) is 17.7 Å². The van der Waals surface area contributed by atoms with E-state index in [4.69, 9.17) is 0 Å². The molecule has 0 bridgehead atoms. The summed E-state index contributed by atoms with van der Waals surface area (Å²) >= 11 is 0. The highest BCUT2D eigenvalue weighted by atomic mass is 19.4. The fourth-order valence-corrected chi connectivity index (χ4v) is 1.36. The normalized spacial score (nSPS) is 11.5. The van der Waals surface area contributed by atoms with E-state index < -0.39 is 11.7 Å². The molecule has 86 valence electrons. The summed E-state index contributed by atoms with van der Waals surface area (Å²) in [6.45, 7) is 7.27. The number of benzene rings is 1. The fourth-order valence-electron chi connectivity index (χ4n) is 1.36. The second kappa shape index (κ2) is 5.01. The van der Waals surface area contributed by atoms with Crippen molar-refractivity contribution < 1.29 is 13.2 Å². The Hall–Kier alpha value is -1.51. The first-order chi connectivity index (χ1) is 7.47. The lowest BCUT2D eigenvalue weighted by Crippen LogP contribution is -2.05. The molecular weight excluding hydrogens is 213 g/mol. The molecule has 0 amide bonds. The van der Waals surface area contributed by atoms with E-state index >= 15 is 0 Å². The minimum atomic E-state index is -4.27. The van der Waals surface area contributed by atoms with Crippen LogP contribution in [0.5, 0.6) is 0 Å². The molecule has 0 nitrogen and oxygen atoms in total. The zero-order valence-electron chi connectivity index (χ0n) is 8.80. The van der Waals surface area contributed by atoms with Crippen molar-refractivity contribution >= 4 is 0 Å². The summed E-state index contributed by atoms with van der Waals surface area (Å²) in [5.74, 6) is 0.0942. The van der Waals surface area contributed by atoms with Crippen LogP contribution in [0.1, 0.15) is 11.1 Å². The first-order valence-electron chi connectivity index (χ1n) is 4.88. The molecule has 1 aromatic carbocycles. The summed E-state index contributed by atoms with van der Waals surface area (Å²) < 4.78 is 36.8. The lowest BCUT2D eigenvalue weighted by Gasteiger charge is -2.09. The fraction of sp³-hybridized carbons (Fsp3) is 0.231. The molecule has 0 heterocycles. The van der Waals surface area contributed by atoms with E-state index in [-0.39, 0.29) is 5.92 Å². The van der Waals surface area contributed by atoms with Gasteiger partial charge in [-0.2, -0.15) is 13.2 Å². The van der Waals surface area contributed by atoms with E-state index in [0.29, 0.717) is 6.42 Å². The van der Waals surface area contributed by atoms with Crippen LogP contribution in [0, 0.1) is 5.92 Å². The highest BCUT2D eigenvalue weighted by Gasteiger charge is 2.29. The first kappa shape index (κ1) is 12.6. The quantitative estimate of drug-likeness (QED) is 0.674. The minimum Gasteiger partial charge on any atom is -0.166 e. The maximum Gasteiger partial charge on any atom is 0.416 e. The van der Waals surface area contributed by atoms with Gasteiger partial charge < -0.3 is 0 Å². The molecule has 0 saturated carbocycles. The number of halogens is 3. The molecule has 0 aliphatic rings. The lowest BCUT2D eigenvalue weighted by molar-refractivity contribution is -0.137. The minimum absolute atomic E-state index is 0.0942. The third kappa shape index (κ3) is 3.26. The Kier molecular flexibility index (Phi) is 3.93. The maximum atomic E-state index is 12.3. The molecule has 0 saturated heterocycles. The highest BCUT2D eigenvalue weighted by molar-refractivity contribution is 5.25. The molecule has 1 aromatic rings. The monoisotopic (exact) mass is 226 g/mol. The third-order valence-corrected chi connectivity index (χ3v) is 2.36. The van der Waals surface area contributed by atoms with Crippen LogP contribution in [0.3, 0.4) is 0 Å². The van der Waals surface area contributed by atoms with Gasteiger partial charge in [-0.25, -0.2) is 0 Å². The van der Waals surface area contributed by atoms with E-state index in [1.54, 1.807) is 12.2 Å². The van der Waals surface area contributed by atoms with Gasteiger partial charge in [-0.05, 0) is 30.0 Å². The van der Waals surface area contributed by atoms with E-state index in [2.05, 4.69) is 13.2 Å². The Balaban J connectivity index is 2.79. The average Bonchev–Trinajstić information content (AvgIpc) is 2.25. The van der Waals surface area contributed by atoms with Gasteiger partial charge >= 0.3 is 6.18 Å². The van der Waals surface area contributed by atoms with Gasteiger partial charge in [0.2, 0.25) is 0 Å². The highest BCUT2D eigenvalue weighted by Crippen LogP contribution is 2.29. The number of hydrogen-bond acceptors (Lipinski definition) is 0. The van der Waals surface area contributed by atoms with Crippen LogP contribution in [-0.2, 0) is 12.6 Å². The molecule has 0 unspecified atom stereocenters. The predicted molar refractivity (Wildman–Crippen MR) is 59.0 cm³/mol. The molecule has 0 N–H and O–H groups in total. The Labute approximate surface area is 93.1 Å². The van der Waals surface area contributed by atoms with Gasteiger partial charge in [0.15, 0.2) is 0 Å². The van der Waals surface area contributed by atoms with E-state index in [1.807, 2.05) is 0 Å². The summed E-state index contributed by atoms with van der Waals surface area (Å²) in [5, 5.41) is 0. The molecule has 16 heavy (non-hydrogen) atoms. The molecule has 0 aliphatic carbocycles. The predicted octanol–water partition coefficient (Wildman–Crippen LogP) is 4.24. The summed E-state index contributed by atoms with van der Waals surface area (Å²) in [6.07, 6.45) is -0.185. The summed E-state index contributed by atoms with van der Waals surface area (Å²) in [7, 11) is 0. The van der Waals surface area contributed by atoms with Crippen LogP contribution in [0.2, 0.25) is 0 Å². The second-order valence-electron chi connectivity index (χ2n) is 3.53. The summed E-state index contributed by atoms with van der Waals surface area (Å²) in [6, 6.07) is 5.17. The molecule has 0 fully saturated rings. The molecule has 1 rings (SSSR count). The molecule has 0 aromatic heterocycles. The number of hydrogen-bond donors (Lipinski definition) is 0. The lowest BCUT2D eigenvalue weighted by atomic mass is 9.99. The third-order valence-electron chi connectivity index (χ3n) is 2.36. The zero-order valence-corrected chi connectivity index (χ0v) is 8.80. The van der Waals surface area contributed by atoms with Gasteiger partial charge in [-0.1, -0.05) is 24.3 Å². The molecule has 3 heteroatoms. The Morgan fingerprint density at radius 1 is 1.06 bits per heavy atom. The Bertz CT molecular complexity index is 352. The van der Waals surface area contributed by atoms with Crippen LogP contribution in [0.15, 0.2) is 49.6 Å².